The number of unbranched alkanes of at least 4 members (excludes halogenated alkanes) is 1. The first-order valence-electron chi connectivity index (χ1n) is 6.31. The van der Waals surface area contributed by atoms with Crippen LogP contribution in [0.2, 0.25) is 0 Å². The Kier molecular flexibility index (Phi) is 5.59. The molecule has 0 amide bonds. The Hall–Kier alpha value is -1.08. The molecule has 1 aromatic carbocycles. The van der Waals surface area contributed by atoms with Crippen molar-refractivity contribution in [2.24, 2.45) is 0 Å². The molecule has 0 aliphatic heterocycles. The van der Waals surface area contributed by atoms with Gasteiger partial charge in [0.2, 0.25) is 10.0 Å². The van der Waals surface area contributed by atoms with Crippen LogP contribution in [0, 0.1) is 6.92 Å². The second-order valence-corrected chi connectivity index (χ2v) is 6.48. The molecule has 0 saturated heterocycles. The van der Waals surface area contributed by atoms with Gasteiger partial charge in [-0.2, -0.15) is 17.5 Å². The first-order valence-corrected chi connectivity index (χ1v) is 7.75. The summed E-state index contributed by atoms with van der Waals surface area (Å²) in [6, 6.07) is 6.05. The van der Waals surface area contributed by atoms with Crippen LogP contribution in [0.5, 0.6) is 0 Å². The molecule has 3 nitrogen and oxygen atoms in total. The van der Waals surface area contributed by atoms with Crippen LogP contribution >= 0.6 is 0 Å². The van der Waals surface area contributed by atoms with E-state index in [0.717, 1.165) is 0 Å². The maximum absolute atomic E-state index is 12.6. The zero-order chi connectivity index (χ0) is 15.4. The lowest BCUT2D eigenvalue weighted by molar-refractivity contribution is -0.136. The molecule has 0 spiro atoms. The average molecular weight is 309 g/mol. The van der Waals surface area contributed by atoms with Crippen LogP contribution in [-0.4, -0.2) is 32.0 Å². The van der Waals surface area contributed by atoms with E-state index < -0.39 is 22.7 Å². The lowest BCUT2D eigenvalue weighted by Crippen LogP contribution is -2.39. The quantitative estimate of drug-likeness (QED) is 0.808. The number of alkyl halides is 3. The highest BCUT2D eigenvalue weighted by Crippen LogP contribution is 2.24. The van der Waals surface area contributed by atoms with Crippen molar-refractivity contribution in [2.75, 3.05) is 13.1 Å². The first kappa shape index (κ1) is 17.0. The van der Waals surface area contributed by atoms with E-state index in [4.69, 9.17) is 0 Å². The van der Waals surface area contributed by atoms with Gasteiger partial charge in [-0.25, -0.2) is 8.42 Å². The van der Waals surface area contributed by atoms with Gasteiger partial charge in [0.15, 0.2) is 0 Å². The standard InChI is InChI=1S/C13H18F3NO2S/c1-3-4-9-17(10-13(14,15)16)20(18,19)12-8-6-5-7-11(12)2/h5-8H,3-4,9-10H2,1-2H3. The fraction of sp³-hybridized carbons (Fsp3) is 0.538. The number of sulfonamides is 1. The topological polar surface area (TPSA) is 37.4 Å². The van der Waals surface area contributed by atoms with E-state index in [-0.39, 0.29) is 11.4 Å². The average Bonchev–Trinajstić information content (AvgIpc) is 2.33. The van der Waals surface area contributed by atoms with Gasteiger partial charge in [-0.1, -0.05) is 31.5 Å². The minimum Gasteiger partial charge on any atom is -0.207 e. The Labute approximate surface area is 117 Å². The molecule has 0 aromatic heterocycles. The van der Waals surface area contributed by atoms with Gasteiger partial charge < -0.3 is 0 Å². The zero-order valence-electron chi connectivity index (χ0n) is 11.4. The zero-order valence-corrected chi connectivity index (χ0v) is 12.3. The molecule has 7 heteroatoms. The van der Waals surface area contributed by atoms with Crippen molar-refractivity contribution < 1.29 is 21.6 Å². The number of halogens is 3. The van der Waals surface area contributed by atoms with E-state index in [9.17, 15) is 21.6 Å². The van der Waals surface area contributed by atoms with Gasteiger partial charge in [0.25, 0.3) is 0 Å². The number of hydrogen-bond donors (Lipinski definition) is 0. The Morgan fingerprint density at radius 3 is 2.30 bits per heavy atom. The van der Waals surface area contributed by atoms with E-state index in [1.165, 1.54) is 12.1 Å². The summed E-state index contributed by atoms with van der Waals surface area (Å²) in [5.41, 5.74) is 0.441. The van der Waals surface area contributed by atoms with Crippen LogP contribution in [0.25, 0.3) is 0 Å². The van der Waals surface area contributed by atoms with Crippen molar-refractivity contribution in [1.29, 1.82) is 0 Å². The van der Waals surface area contributed by atoms with Crippen LogP contribution < -0.4 is 0 Å². The van der Waals surface area contributed by atoms with Gasteiger partial charge in [-0.3, -0.25) is 0 Å². The lowest BCUT2D eigenvalue weighted by Gasteiger charge is -2.24. The van der Waals surface area contributed by atoms with Crippen LogP contribution in [0.4, 0.5) is 13.2 Å². The molecule has 0 saturated carbocycles. The van der Waals surface area contributed by atoms with E-state index >= 15 is 0 Å². The van der Waals surface area contributed by atoms with Crippen LogP contribution in [0.3, 0.4) is 0 Å². The summed E-state index contributed by atoms with van der Waals surface area (Å²) in [5, 5.41) is 0. The highest BCUT2D eigenvalue weighted by Gasteiger charge is 2.37. The molecule has 1 rings (SSSR count). The molecular weight excluding hydrogens is 291 g/mol. The summed E-state index contributed by atoms with van der Waals surface area (Å²) < 4.78 is 63.0. The summed E-state index contributed by atoms with van der Waals surface area (Å²) in [6.07, 6.45) is -3.54. The molecule has 0 N–H and O–H groups in total. The van der Waals surface area contributed by atoms with Crippen molar-refractivity contribution in [2.45, 2.75) is 37.8 Å². The number of rotatable bonds is 6. The maximum Gasteiger partial charge on any atom is 0.402 e. The molecule has 0 fully saturated rings. The number of aryl methyl sites for hydroxylation is 1. The first-order chi connectivity index (χ1) is 9.18. The molecule has 1 aromatic rings. The fourth-order valence-electron chi connectivity index (χ4n) is 1.80. The van der Waals surface area contributed by atoms with Crippen molar-refractivity contribution in [3.63, 3.8) is 0 Å². The summed E-state index contributed by atoms with van der Waals surface area (Å²) in [4.78, 5) is -0.0691. The molecule has 114 valence electrons. The number of hydrogen-bond acceptors (Lipinski definition) is 2. The fourth-order valence-corrected chi connectivity index (χ4v) is 3.49. The molecular formula is C13H18F3NO2S. The maximum atomic E-state index is 12.6. The molecule has 0 unspecified atom stereocenters. The Balaban J connectivity index is 3.14. The number of benzene rings is 1. The van der Waals surface area contributed by atoms with Gasteiger partial charge in [0.05, 0.1) is 4.90 Å². The van der Waals surface area contributed by atoms with Crippen LogP contribution in [0.15, 0.2) is 29.2 Å². The second-order valence-electron chi connectivity index (χ2n) is 4.57. The van der Waals surface area contributed by atoms with Crippen molar-refractivity contribution in [3.05, 3.63) is 29.8 Å². The highest BCUT2D eigenvalue weighted by molar-refractivity contribution is 7.89. The monoisotopic (exact) mass is 309 g/mol. The SMILES string of the molecule is CCCCN(CC(F)(F)F)S(=O)(=O)c1ccccc1C. The summed E-state index contributed by atoms with van der Waals surface area (Å²) in [6.45, 7) is 1.78. The molecule has 0 radical (unpaired) electrons. The van der Waals surface area contributed by atoms with E-state index in [2.05, 4.69) is 0 Å². The largest absolute Gasteiger partial charge is 0.402 e. The van der Waals surface area contributed by atoms with Crippen molar-refractivity contribution in [3.8, 4) is 0 Å². The van der Waals surface area contributed by atoms with E-state index in [0.29, 0.717) is 22.7 Å². The minimum absolute atomic E-state index is 0.0691. The predicted octanol–water partition coefficient (Wildman–Crippen LogP) is 3.35. The summed E-state index contributed by atoms with van der Waals surface area (Å²) in [5.74, 6) is 0. The Bertz CT molecular complexity index is 541. The van der Waals surface area contributed by atoms with Crippen LogP contribution in [-0.2, 0) is 10.0 Å². The third-order valence-electron chi connectivity index (χ3n) is 2.83. The Morgan fingerprint density at radius 1 is 1.20 bits per heavy atom. The van der Waals surface area contributed by atoms with Crippen molar-refractivity contribution in [1.82, 2.24) is 4.31 Å². The smallest absolute Gasteiger partial charge is 0.207 e. The van der Waals surface area contributed by atoms with Gasteiger partial charge >= 0.3 is 6.18 Å². The third kappa shape index (κ3) is 4.49. The summed E-state index contributed by atoms with van der Waals surface area (Å²) in [7, 11) is -4.12. The molecule has 20 heavy (non-hydrogen) atoms. The normalized spacial score (nSPS) is 12.9. The van der Waals surface area contributed by atoms with Gasteiger partial charge in [0.1, 0.15) is 6.54 Å². The third-order valence-corrected chi connectivity index (χ3v) is 4.83. The van der Waals surface area contributed by atoms with E-state index in [1.807, 2.05) is 0 Å². The number of nitrogens with zero attached hydrogens (tertiary/aromatic N) is 1. The lowest BCUT2D eigenvalue weighted by atomic mass is 10.2. The highest BCUT2D eigenvalue weighted by atomic mass is 32.2. The van der Waals surface area contributed by atoms with Gasteiger partial charge in [-0.05, 0) is 25.0 Å². The minimum atomic E-state index is -4.55. The summed E-state index contributed by atoms with van der Waals surface area (Å²) >= 11 is 0. The molecule has 0 aliphatic rings. The Morgan fingerprint density at radius 2 is 1.80 bits per heavy atom. The molecule has 0 heterocycles. The molecule has 0 aliphatic carbocycles. The van der Waals surface area contributed by atoms with Crippen molar-refractivity contribution >= 4 is 10.0 Å². The van der Waals surface area contributed by atoms with E-state index in [1.54, 1.807) is 26.0 Å². The van der Waals surface area contributed by atoms with Crippen LogP contribution in [0.1, 0.15) is 25.3 Å². The van der Waals surface area contributed by atoms with Gasteiger partial charge in [0, 0.05) is 6.54 Å². The second kappa shape index (κ2) is 6.58. The molecule has 0 bridgehead atoms. The predicted molar refractivity (Wildman–Crippen MR) is 70.9 cm³/mol. The molecule has 0 atom stereocenters. The van der Waals surface area contributed by atoms with Gasteiger partial charge in [-0.15, -0.1) is 0 Å².